The SMILES string of the molecule is C=Cc1oc2ccc(-c3nc(Cl)nc(-c4ccccc4)n3)cc2c1/C=C\C. The summed E-state index contributed by atoms with van der Waals surface area (Å²) in [5.74, 6) is 1.79. The molecule has 0 atom stereocenters. The lowest BCUT2D eigenvalue weighted by Gasteiger charge is -2.05. The van der Waals surface area contributed by atoms with Crippen molar-refractivity contribution in [2.24, 2.45) is 0 Å². The van der Waals surface area contributed by atoms with Crippen LogP contribution in [0, 0.1) is 0 Å². The number of nitrogens with zero attached hydrogens (tertiary/aromatic N) is 3. The summed E-state index contributed by atoms with van der Waals surface area (Å²) < 4.78 is 5.86. The summed E-state index contributed by atoms with van der Waals surface area (Å²) in [4.78, 5) is 13.2. The van der Waals surface area contributed by atoms with Gasteiger partial charge in [-0.3, -0.25) is 0 Å². The van der Waals surface area contributed by atoms with Gasteiger partial charge < -0.3 is 4.42 Å². The molecule has 2 heterocycles. The molecular weight excluding hydrogens is 358 g/mol. The number of allylic oxidation sites excluding steroid dienone is 1. The van der Waals surface area contributed by atoms with Gasteiger partial charge in [-0.05, 0) is 42.8 Å². The average molecular weight is 374 g/mol. The minimum absolute atomic E-state index is 0.159. The van der Waals surface area contributed by atoms with Crippen LogP contribution in [0.15, 0.2) is 65.6 Å². The zero-order valence-corrected chi connectivity index (χ0v) is 15.4. The van der Waals surface area contributed by atoms with Crippen molar-refractivity contribution in [1.82, 2.24) is 15.0 Å². The highest BCUT2D eigenvalue weighted by atomic mass is 35.5. The Balaban J connectivity index is 1.88. The topological polar surface area (TPSA) is 51.8 Å². The molecule has 0 aliphatic heterocycles. The summed E-state index contributed by atoms with van der Waals surface area (Å²) in [6.07, 6.45) is 5.68. The molecule has 0 aliphatic rings. The Morgan fingerprint density at radius 1 is 0.963 bits per heavy atom. The first-order valence-corrected chi connectivity index (χ1v) is 8.86. The Labute approximate surface area is 161 Å². The molecule has 2 aromatic heterocycles. The van der Waals surface area contributed by atoms with E-state index in [0.717, 1.165) is 33.4 Å². The number of benzene rings is 2. The van der Waals surface area contributed by atoms with Crippen LogP contribution >= 0.6 is 11.6 Å². The van der Waals surface area contributed by atoms with Crippen molar-refractivity contribution in [3.05, 3.63) is 77.8 Å². The van der Waals surface area contributed by atoms with E-state index in [4.69, 9.17) is 16.0 Å². The quantitative estimate of drug-likeness (QED) is 0.422. The van der Waals surface area contributed by atoms with Gasteiger partial charge in [0.15, 0.2) is 11.6 Å². The number of rotatable bonds is 4. The van der Waals surface area contributed by atoms with Crippen molar-refractivity contribution in [1.29, 1.82) is 0 Å². The van der Waals surface area contributed by atoms with Gasteiger partial charge in [0.2, 0.25) is 5.28 Å². The van der Waals surface area contributed by atoms with Crippen LogP contribution in [0.1, 0.15) is 18.2 Å². The van der Waals surface area contributed by atoms with E-state index >= 15 is 0 Å². The van der Waals surface area contributed by atoms with Crippen molar-refractivity contribution < 1.29 is 4.42 Å². The van der Waals surface area contributed by atoms with Gasteiger partial charge in [0.1, 0.15) is 11.3 Å². The molecule has 2 aromatic carbocycles. The van der Waals surface area contributed by atoms with Crippen LogP contribution in [-0.2, 0) is 0 Å². The van der Waals surface area contributed by atoms with Gasteiger partial charge in [-0.25, -0.2) is 4.98 Å². The van der Waals surface area contributed by atoms with E-state index < -0.39 is 0 Å². The van der Waals surface area contributed by atoms with Crippen LogP contribution in [0.2, 0.25) is 5.28 Å². The number of halogens is 1. The van der Waals surface area contributed by atoms with Gasteiger partial charge in [-0.15, -0.1) is 0 Å². The van der Waals surface area contributed by atoms with Gasteiger partial charge >= 0.3 is 0 Å². The maximum Gasteiger partial charge on any atom is 0.226 e. The molecule has 0 unspecified atom stereocenters. The first-order chi connectivity index (χ1) is 13.2. The van der Waals surface area contributed by atoms with Crippen LogP contribution in [-0.4, -0.2) is 15.0 Å². The number of hydrogen-bond donors (Lipinski definition) is 0. The van der Waals surface area contributed by atoms with Crippen LogP contribution < -0.4 is 0 Å². The molecular formula is C22H16ClN3O. The molecule has 4 nitrogen and oxygen atoms in total. The fraction of sp³-hybridized carbons (Fsp3) is 0.0455. The van der Waals surface area contributed by atoms with E-state index in [2.05, 4.69) is 21.5 Å². The Morgan fingerprint density at radius 3 is 2.41 bits per heavy atom. The van der Waals surface area contributed by atoms with E-state index in [1.807, 2.05) is 67.6 Å². The highest BCUT2D eigenvalue weighted by Crippen LogP contribution is 2.32. The number of fused-ring (bicyclic) bond motifs is 1. The molecule has 4 aromatic rings. The molecule has 0 bridgehead atoms. The second-order valence-corrected chi connectivity index (χ2v) is 6.25. The number of aromatic nitrogens is 3. The molecule has 0 spiro atoms. The van der Waals surface area contributed by atoms with Crippen molar-refractivity contribution in [2.75, 3.05) is 0 Å². The molecule has 0 amide bonds. The first-order valence-electron chi connectivity index (χ1n) is 8.48. The smallest absolute Gasteiger partial charge is 0.226 e. The number of furan rings is 1. The van der Waals surface area contributed by atoms with Crippen molar-refractivity contribution in [2.45, 2.75) is 6.92 Å². The van der Waals surface area contributed by atoms with Gasteiger partial charge in [0, 0.05) is 22.1 Å². The third-order valence-corrected chi connectivity index (χ3v) is 4.34. The van der Waals surface area contributed by atoms with Crippen LogP contribution in [0.25, 0.3) is 45.9 Å². The lowest BCUT2D eigenvalue weighted by Crippen LogP contribution is -1.97. The summed E-state index contributed by atoms with van der Waals surface area (Å²) in [7, 11) is 0. The zero-order valence-electron chi connectivity index (χ0n) is 14.7. The zero-order chi connectivity index (χ0) is 18.8. The van der Waals surface area contributed by atoms with Gasteiger partial charge in [-0.1, -0.05) is 49.1 Å². The normalized spacial score (nSPS) is 11.3. The third kappa shape index (κ3) is 3.27. The summed E-state index contributed by atoms with van der Waals surface area (Å²) in [6, 6.07) is 15.5. The van der Waals surface area contributed by atoms with Gasteiger partial charge in [0.05, 0.1) is 0 Å². The summed E-state index contributed by atoms with van der Waals surface area (Å²) >= 11 is 6.17. The molecule has 5 heteroatoms. The Hall–Kier alpha value is -3.24. The lowest BCUT2D eigenvalue weighted by molar-refractivity contribution is 0.603. The molecule has 27 heavy (non-hydrogen) atoms. The summed E-state index contributed by atoms with van der Waals surface area (Å²) in [5, 5.41) is 1.13. The summed E-state index contributed by atoms with van der Waals surface area (Å²) in [5.41, 5.74) is 3.49. The van der Waals surface area contributed by atoms with Gasteiger partial charge in [-0.2, -0.15) is 9.97 Å². The van der Waals surface area contributed by atoms with Crippen LogP contribution in [0.4, 0.5) is 0 Å². The Morgan fingerprint density at radius 2 is 1.70 bits per heavy atom. The predicted octanol–water partition coefficient (Wildman–Crippen LogP) is 6.28. The molecule has 132 valence electrons. The van der Waals surface area contributed by atoms with E-state index in [-0.39, 0.29) is 5.28 Å². The van der Waals surface area contributed by atoms with E-state index in [9.17, 15) is 0 Å². The van der Waals surface area contributed by atoms with Crippen molar-refractivity contribution in [3.63, 3.8) is 0 Å². The first kappa shape index (κ1) is 17.2. The van der Waals surface area contributed by atoms with Crippen molar-refractivity contribution in [3.8, 4) is 22.8 Å². The predicted molar refractivity (Wildman–Crippen MR) is 110 cm³/mol. The molecule has 0 saturated carbocycles. The highest BCUT2D eigenvalue weighted by molar-refractivity contribution is 6.28. The maximum atomic E-state index is 6.17. The average Bonchev–Trinajstić information content (AvgIpc) is 3.05. The molecule has 0 N–H and O–H groups in total. The minimum atomic E-state index is 0.159. The van der Waals surface area contributed by atoms with Crippen molar-refractivity contribution >= 4 is 34.7 Å². The summed E-state index contributed by atoms with van der Waals surface area (Å²) in [6.45, 7) is 5.79. The van der Waals surface area contributed by atoms with E-state index in [0.29, 0.717) is 11.6 Å². The van der Waals surface area contributed by atoms with Gasteiger partial charge in [0.25, 0.3) is 0 Å². The highest BCUT2D eigenvalue weighted by Gasteiger charge is 2.14. The number of hydrogen-bond acceptors (Lipinski definition) is 4. The van der Waals surface area contributed by atoms with Crippen LogP contribution in [0.3, 0.4) is 0 Å². The largest absolute Gasteiger partial charge is 0.456 e. The Kier molecular flexibility index (Phi) is 4.57. The minimum Gasteiger partial charge on any atom is -0.456 e. The monoisotopic (exact) mass is 373 g/mol. The standard InChI is InChI=1S/C22H16ClN3O/c1-3-8-16-17-13-15(11-12-19(17)27-18(16)4-2)21-24-20(25-22(23)26-21)14-9-6-5-7-10-14/h3-13H,2H2,1H3/b8-3-. The van der Waals surface area contributed by atoms with E-state index in [1.165, 1.54) is 0 Å². The molecule has 4 rings (SSSR count). The fourth-order valence-electron chi connectivity index (χ4n) is 2.96. The molecule has 0 saturated heterocycles. The maximum absolute atomic E-state index is 6.17. The second kappa shape index (κ2) is 7.17. The fourth-order valence-corrected chi connectivity index (χ4v) is 3.12. The molecule has 0 fully saturated rings. The van der Waals surface area contributed by atoms with Crippen LogP contribution in [0.5, 0.6) is 0 Å². The Bertz CT molecular complexity index is 1160. The second-order valence-electron chi connectivity index (χ2n) is 5.91. The van der Waals surface area contributed by atoms with E-state index in [1.54, 1.807) is 6.08 Å². The molecule has 0 radical (unpaired) electrons. The third-order valence-electron chi connectivity index (χ3n) is 4.17. The lowest BCUT2D eigenvalue weighted by atomic mass is 10.1. The molecule has 0 aliphatic carbocycles.